The summed E-state index contributed by atoms with van der Waals surface area (Å²) in [6, 6.07) is 5.17. The lowest BCUT2D eigenvalue weighted by molar-refractivity contribution is 0.110. The second-order valence-corrected chi connectivity index (χ2v) is 5.89. The van der Waals surface area contributed by atoms with Crippen LogP contribution in [0.1, 0.15) is 32.8 Å². The molecule has 112 valence electrons. The Bertz CT molecular complexity index is 450. The van der Waals surface area contributed by atoms with Crippen LogP contribution in [-0.2, 0) is 6.54 Å². The Kier molecular flexibility index (Phi) is 5.11. The summed E-state index contributed by atoms with van der Waals surface area (Å²) < 4.78 is 27.1. The summed E-state index contributed by atoms with van der Waals surface area (Å²) in [4.78, 5) is 2.24. The van der Waals surface area contributed by atoms with E-state index in [4.69, 9.17) is 0 Å². The second kappa shape index (κ2) is 6.64. The molecule has 1 aliphatic rings. The van der Waals surface area contributed by atoms with Gasteiger partial charge in [0, 0.05) is 37.3 Å². The van der Waals surface area contributed by atoms with Crippen molar-refractivity contribution in [1.82, 2.24) is 10.2 Å². The minimum absolute atomic E-state index is 0.331. The molecule has 1 aliphatic heterocycles. The normalized spacial score (nSPS) is 25.6. The first kappa shape index (κ1) is 15.4. The molecule has 3 unspecified atom stereocenters. The van der Waals surface area contributed by atoms with Crippen LogP contribution in [0.3, 0.4) is 0 Å². The monoisotopic (exact) mass is 282 g/mol. The van der Waals surface area contributed by atoms with E-state index in [9.17, 15) is 8.78 Å². The van der Waals surface area contributed by atoms with Gasteiger partial charge in [-0.15, -0.1) is 0 Å². The molecule has 0 aliphatic carbocycles. The molecular weight excluding hydrogens is 258 g/mol. The first-order valence-corrected chi connectivity index (χ1v) is 7.43. The zero-order valence-corrected chi connectivity index (χ0v) is 12.5. The average molecular weight is 282 g/mol. The van der Waals surface area contributed by atoms with Gasteiger partial charge in [0.2, 0.25) is 0 Å². The Labute approximate surface area is 120 Å². The molecule has 3 atom stereocenters. The minimum atomic E-state index is -0.760. The maximum absolute atomic E-state index is 13.8. The molecule has 1 N–H and O–H groups in total. The highest BCUT2D eigenvalue weighted by Crippen LogP contribution is 2.20. The van der Waals surface area contributed by atoms with Gasteiger partial charge in [0.05, 0.1) is 0 Å². The van der Waals surface area contributed by atoms with Gasteiger partial charge >= 0.3 is 0 Å². The molecule has 2 nitrogen and oxygen atoms in total. The molecule has 0 amide bonds. The van der Waals surface area contributed by atoms with E-state index in [-0.39, 0.29) is 0 Å². The van der Waals surface area contributed by atoms with Gasteiger partial charge in [0.15, 0.2) is 11.6 Å². The van der Waals surface area contributed by atoms with Crippen molar-refractivity contribution in [2.45, 2.75) is 45.8 Å². The van der Waals surface area contributed by atoms with E-state index >= 15 is 0 Å². The fourth-order valence-electron chi connectivity index (χ4n) is 2.72. The van der Waals surface area contributed by atoms with Crippen molar-refractivity contribution >= 4 is 0 Å². The fraction of sp³-hybridized carbons (Fsp3) is 0.625. The van der Waals surface area contributed by atoms with Gasteiger partial charge in [-0.25, -0.2) is 8.78 Å². The fourth-order valence-corrected chi connectivity index (χ4v) is 2.72. The van der Waals surface area contributed by atoms with Crippen molar-refractivity contribution < 1.29 is 8.78 Å². The predicted octanol–water partition coefficient (Wildman–Crippen LogP) is 3.17. The third-order valence-corrected chi connectivity index (χ3v) is 4.47. The maximum Gasteiger partial charge on any atom is 0.163 e. The van der Waals surface area contributed by atoms with Crippen LogP contribution in [0.2, 0.25) is 0 Å². The van der Waals surface area contributed by atoms with Crippen LogP contribution in [0, 0.1) is 17.6 Å². The molecule has 0 radical (unpaired) electrons. The van der Waals surface area contributed by atoms with Gasteiger partial charge in [-0.05, 0) is 18.9 Å². The number of nitrogens with one attached hydrogen (secondary N) is 1. The van der Waals surface area contributed by atoms with Gasteiger partial charge in [0.25, 0.3) is 0 Å². The zero-order chi connectivity index (χ0) is 14.7. The Balaban J connectivity index is 2.08. The molecule has 1 fully saturated rings. The standard InChI is InChI=1S/C16H24F2N2/c1-4-11(2)15-10-20(12(3)8-19-15)9-13-6-5-7-14(17)16(13)18/h5-7,11-12,15,19H,4,8-10H2,1-3H3. The van der Waals surface area contributed by atoms with Crippen LogP contribution in [0.15, 0.2) is 18.2 Å². The van der Waals surface area contributed by atoms with Gasteiger partial charge < -0.3 is 5.32 Å². The lowest BCUT2D eigenvalue weighted by Gasteiger charge is -2.41. The lowest BCUT2D eigenvalue weighted by Crippen LogP contribution is -2.57. The summed E-state index contributed by atoms with van der Waals surface area (Å²) in [6.07, 6.45) is 1.12. The van der Waals surface area contributed by atoms with Crippen LogP contribution < -0.4 is 5.32 Å². The summed E-state index contributed by atoms with van der Waals surface area (Å²) in [5, 5.41) is 3.55. The lowest BCUT2D eigenvalue weighted by atomic mass is 9.95. The third kappa shape index (κ3) is 3.36. The smallest absolute Gasteiger partial charge is 0.163 e. The predicted molar refractivity (Wildman–Crippen MR) is 77.5 cm³/mol. The number of nitrogens with zero attached hydrogens (tertiary/aromatic N) is 1. The van der Waals surface area contributed by atoms with Crippen molar-refractivity contribution in [2.24, 2.45) is 5.92 Å². The van der Waals surface area contributed by atoms with Crippen LogP contribution in [0.25, 0.3) is 0 Å². The molecule has 0 spiro atoms. The number of hydrogen-bond acceptors (Lipinski definition) is 2. The minimum Gasteiger partial charge on any atom is -0.311 e. The molecule has 0 saturated carbocycles. The maximum atomic E-state index is 13.8. The van der Waals surface area contributed by atoms with E-state index in [0.29, 0.717) is 30.1 Å². The van der Waals surface area contributed by atoms with Crippen LogP contribution in [0.5, 0.6) is 0 Å². The SMILES string of the molecule is CCC(C)C1CN(Cc2cccc(F)c2F)C(C)CN1. The van der Waals surface area contributed by atoms with Crippen molar-refractivity contribution in [2.75, 3.05) is 13.1 Å². The molecule has 4 heteroatoms. The molecule has 2 rings (SSSR count). The summed E-state index contributed by atoms with van der Waals surface area (Å²) in [5.41, 5.74) is 0.446. The van der Waals surface area contributed by atoms with Crippen molar-refractivity contribution in [1.29, 1.82) is 0 Å². The molecule has 20 heavy (non-hydrogen) atoms. The van der Waals surface area contributed by atoms with Crippen molar-refractivity contribution in [3.05, 3.63) is 35.4 Å². The Morgan fingerprint density at radius 3 is 2.85 bits per heavy atom. The zero-order valence-electron chi connectivity index (χ0n) is 12.5. The third-order valence-electron chi connectivity index (χ3n) is 4.47. The molecule has 1 aromatic carbocycles. The number of piperazine rings is 1. The molecule has 1 saturated heterocycles. The number of halogens is 2. The molecule has 1 heterocycles. The first-order chi connectivity index (χ1) is 9.52. The van der Waals surface area contributed by atoms with Crippen LogP contribution in [0.4, 0.5) is 8.78 Å². The van der Waals surface area contributed by atoms with Gasteiger partial charge in [-0.3, -0.25) is 4.90 Å². The average Bonchev–Trinajstić information content (AvgIpc) is 2.45. The van der Waals surface area contributed by atoms with Gasteiger partial charge in [0.1, 0.15) is 0 Å². The van der Waals surface area contributed by atoms with E-state index in [0.717, 1.165) is 19.5 Å². The van der Waals surface area contributed by atoms with E-state index in [1.54, 1.807) is 12.1 Å². The molecule has 0 bridgehead atoms. The van der Waals surface area contributed by atoms with E-state index in [2.05, 4.69) is 31.0 Å². The van der Waals surface area contributed by atoms with E-state index in [1.165, 1.54) is 6.07 Å². The largest absolute Gasteiger partial charge is 0.311 e. The summed E-state index contributed by atoms with van der Waals surface area (Å²) in [7, 11) is 0. The Hall–Kier alpha value is -1.00. The summed E-state index contributed by atoms with van der Waals surface area (Å²) >= 11 is 0. The van der Waals surface area contributed by atoms with E-state index in [1.807, 2.05) is 0 Å². The molecule has 0 aromatic heterocycles. The van der Waals surface area contributed by atoms with Crippen LogP contribution in [-0.4, -0.2) is 30.1 Å². The Morgan fingerprint density at radius 1 is 1.40 bits per heavy atom. The topological polar surface area (TPSA) is 15.3 Å². The summed E-state index contributed by atoms with van der Waals surface area (Å²) in [5.74, 6) is -0.885. The van der Waals surface area contributed by atoms with Gasteiger partial charge in [-0.2, -0.15) is 0 Å². The highest BCUT2D eigenvalue weighted by Gasteiger charge is 2.28. The number of hydrogen-bond donors (Lipinski definition) is 1. The van der Waals surface area contributed by atoms with Gasteiger partial charge in [-0.1, -0.05) is 32.4 Å². The van der Waals surface area contributed by atoms with Crippen LogP contribution >= 0.6 is 0 Å². The number of rotatable bonds is 4. The summed E-state index contributed by atoms with van der Waals surface area (Å²) in [6.45, 7) is 8.78. The Morgan fingerprint density at radius 2 is 2.15 bits per heavy atom. The number of benzene rings is 1. The quantitative estimate of drug-likeness (QED) is 0.912. The molecule has 1 aromatic rings. The first-order valence-electron chi connectivity index (χ1n) is 7.43. The second-order valence-electron chi connectivity index (χ2n) is 5.89. The highest BCUT2D eigenvalue weighted by molar-refractivity contribution is 5.19. The van der Waals surface area contributed by atoms with Crippen molar-refractivity contribution in [3.8, 4) is 0 Å². The molecular formula is C16H24F2N2. The van der Waals surface area contributed by atoms with E-state index < -0.39 is 11.6 Å². The van der Waals surface area contributed by atoms with Crippen molar-refractivity contribution in [3.63, 3.8) is 0 Å². The highest BCUT2D eigenvalue weighted by atomic mass is 19.2.